The first-order chi connectivity index (χ1) is 5.83. The molecule has 66 valence electrons. The SMILES string of the molecule is CCCSCc1cncc(Br)c1. The number of rotatable bonds is 4. The maximum absolute atomic E-state index is 4.10. The van der Waals surface area contributed by atoms with Crippen LogP contribution in [0.5, 0.6) is 0 Å². The summed E-state index contributed by atoms with van der Waals surface area (Å²) in [7, 11) is 0. The molecule has 0 unspecified atom stereocenters. The van der Waals surface area contributed by atoms with E-state index in [2.05, 4.69) is 33.9 Å². The van der Waals surface area contributed by atoms with E-state index in [0.717, 1.165) is 10.2 Å². The minimum Gasteiger partial charge on any atom is -0.263 e. The largest absolute Gasteiger partial charge is 0.263 e. The van der Waals surface area contributed by atoms with Gasteiger partial charge in [-0.2, -0.15) is 11.8 Å². The lowest BCUT2D eigenvalue weighted by Crippen LogP contribution is -1.84. The molecule has 3 heteroatoms. The fourth-order valence-corrected chi connectivity index (χ4v) is 2.11. The van der Waals surface area contributed by atoms with Gasteiger partial charge in [-0.05, 0) is 39.7 Å². The van der Waals surface area contributed by atoms with Crippen LogP contribution in [-0.4, -0.2) is 10.7 Å². The van der Waals surface area contributed by atoms with Crippen LogP contribution in [-0.2, 0) is 5.75 Å². The number of pyridine rings is 1. The lowest BCUT2D eigenvalue weighted by atomic mass is 10.3. The van der Waals surface area contributed by atoms with Crippen molar-refractivity contribution in [3.05, 3.63) is 28.5 Å². The Morgan fingerprint density at radius 3 is 3.00 bits per heavy atom. The second kappa shape index (κ2) is 5.60. The molecule has 12 heavy (non-hydrogen) atoms. The standard InChI is InChI=1S/C9H12BrNS/c1-2-3-12-7-8-4-9(10)6-11-5-8/h4-6H,2-3,7H2,1H3. The van der Waals surface area contributed by atoms with Crippen LogP contribution in [0.1, 0.15) is 18.9 Å². The van der Waals surface area contributed by atoms with Gasteiger partial charge in [0, 0.05) is 22.6 Å². The highest BCUT2D eigenvalue weighted by Crippen LogP contribution is 2.15. The molecule has 1 aromatic heterocycles. The van der Waals surface area contributed by atoms with E-state index in [1.165, 1.54) is 17.7 Å². The number of nitrogens with zero attached hydrogens (tertiary/aromatic N) is 1. The minimum absolute atomic E-state index is 1.07. The maximum atomic E-state index is 4.10. The molecule has 0 spiro atoms. The van der Waals surface area contributed by atoms with Gasteiger partial charge in [0.15, 0.2) is 0 Å². The molecule has 0 amide bonds. The van der Waals surface area contributed by atoms with Crippen molar-refractivity contribution in [1.82, 2.24) is 4.98 Å². The molecule has 1 heterocycles. The van der Waals surface area contributed by atoms with Crippen LogP contribution >= 0.6 is 27.7 Å². The minimum atomic E-state index is 1.07. The normalized spacial score (nSPS) is 10.2. The van der Waals surface area contributed by atoms with Gasteiger partial charge in [0.2, 0.25) is 0 Å². The Balaban J connectivity index is 2.41. The van der Waals surface area contributed by atoms with Crippen molar-refractivity contribution in [2.24, 2.45) is 0 Å². The first-order valence-electron chi connectivity index (χ1n) is 4.00. The van der Waals surface area contributed by atoms with Crippen LogP contribution in [0, 0.1) is 0 Å². The van der Waals surface area contributed by atoms with E-state index in [-0.39, 0.29) is 0 Å². The molecule has 0 atom stereocenters. The second-order valence-corrected chi connectivity index (χ2v) is 4.58. The van der Waals surface area contributed by atoms with E-state index in [1.807, 2.05) is 24.2 Å². The van der Waals surface area contributed by atoms with E-state index >= 15 is 0 Å². The zero-order valence-corrected chi connectivity index (χ0v) is 9.49. The Hall–Kier alpha value is -0.0200. The van der Waals surface area contributed by atoms with Crippen LogP contribution in [0.25, 0.3) is 0 Å². The molecule has 1 aromatic rings. The van der Waals surface area contributed by atoms with E-state index in [4.69, 9.17) is 0 Å². The first kappa shape index (κ1) is 10.1. The van der Waals surface area contributed by atoms with Crippen molar-refractivity contribution >= 4 is 27.7 Å². The Labute approximate surface area is 86.1 Å². The fraction of sp³-hybridized carbons (Fsp3) is 0.444. The Morgan fingerprint density at radius 1 is 1.50 bits per heavy atom. The van der Waals surface area contributed by atoms with Gasteiger partial charge < -0.3 is 0 Å². The fourth-order valence-electron chi connectivity index (χ4n) is 0.869. The van der Waals surface area contributed by atoms with Crippen LogP contribution in [0.15, 0.2) is 22.9 Å². The molecule has 0 aliphatic heterocycles. The van der Waals surface area contributed by atoms with Gasteiger partial charge in [0.1, 0.15) is 0 Å². The highest BCUT2D eigenvalue weighted by atomic mass is 79.9. The van der Waals surface area contributed by atoms with Crippen LogP contribution in [0.2, 0.25) is 0 Å². The van der Waals surface area contributed by atoms with Gasteiger partial charge in [-0.25, -0.2) is 0 Å². The van der Waals surface area contributed by atoms with Crippen molar-refractivity contribution in [2.75, 3.05) is 5.75 Å². The third-order valence-corrected chi connectivity index (χ3v) is 3.05. The predicted molar refractivity (Wildman–Crippen MR) is 58.4 cm³/mol. The molecule has 0 N–H and O–H groups in total. The number of halogens is 1. The van der Waals surface area contributed by atoms with Gasteiger partial charge in [0.05, 0.1) is 0 Å². The molecule has 0 saturated heterocycles. The molecule has 0 bridgehead atoms. The van der Waals surface area contributed by atoms with Crippen molar-refractivity contribution in [1.29, 1.82) is 0 Å². The summed E-state index contributed by atoms with van der Waals surface area (Å²) < 4.78 is 1.07. The summed E-state index contributed by atoms with van der Waals surface area (Å²) in [4.78, 5) is 4.10. The van der Waals surface area contributed by atoms with Gasteiger partial charge >= 0.3 is 0 Å². The summed E-state index contributed by atoms with van der Waals surface area (Å²) in [6, 6.07) is 2.12. The van der Waals surface area contributed by atoms with Crippen LogP contribution < -0.4 is 0 Å². The first-order valence-corrected chi connectivity index (χ1v) is 5.95. The maximum Gasteiger partial charge on any atom is 0.0410 e. The van der Waals surface area contributed by atoms with Crippen molar-refractivity contribution in [2.45, 2.75) is 19.1 Å². The summed E-state index contributed by atoms with van der Waals surface area (Å²) in [5.74, 6) is 2.30. The molecule has 0 aliphatic rings. The second-order valence-electron chi connectivity index (χ2n) is 2.56. The monoisotopic (exact) mass is 245 g/mol. The third kappa shape index (κ3) is 3.59. The van der Waals surface area contributed by atoms with E-state index in [9.17, 15) is 0 Å². The number of thioether (sulfide) groups is 1. The molecule has 1 nitrogen and oxygen atoms in total. The van der Waals surface area contributed by atoms with Gasteiger partial charge in [-0.1, -0.05) is 6.92 Å². The Morgan fingerprint density at radius 2 is 2.33 bits per heavy atom. The van der Waals surface area contributed by atoms with Gasteiger partial charge in [0.25, 0.3) is 0 Å². The third-order valence-electron chi connectivity index (χ3n) is 1.38. The zero-order valence-electron chi connectivity index (χ0n) is 7.09. The highest BCUT2D eigenvalue weighted by molar-refractivity contribution is 9.10. The summed E-state index contributed by atoms with van der Waals surface area (Å²) in [5, 5.41) is 0. The number of hydrogen-bond acceptors (Lipinski definition) is 2. The van der Waals surface area contributed by atoms with E-state index < -0.39 is 0 Å². The average Bonchev–Trinajstić information content (AvgIpc) is 2.05. The highest BCUT2D eigenvalue weighted by Gasteiger charge is 1.94. The summed E-state index contributed by atoms with van der Waals surface area (Å²) in [6.07, 6.45) is 4.98. The lowest BCUT2D eigenvalue weighted by molar-refractivity contribution is 1.10. The van der Waals surface area contributed by atoms with Gasteiger partial charge in [-0.15, -0.1) is 0 Å². The van der Waals surface area contributed by atoms with E-state index in [1.54, 1.807) is 0 Å². The van der Waals surface area contributed by atoms with E-state index in [0.29, 0.717) is 0 Å². The quantitative estimate of drug-likeness (QED) is 0.754. The van der Waals surface area contributed by atoms with Crippen LogP contribution in [0.4, 0.5) is 0 Å². The molecule has 0 radical (unpaired) electrons. The summed E-state index contributed by atoms with van der Waals surface area (Å²) >= 11 is 5.35. The molecule has 0 fully saturated rings. The molecular formula is C9H12BrNS. The molecule has 0 aromatic carbocycles. The molecule has 0 aliphatic carbocycles. The van der Waals surface area contributed by atoms with Gasteiger partial charge in [-0.3, -0.25) is 4.98 Å². The van der Waals surface area contributed by atoms with Crippen molar-refractivity contribution < 1.29 is 0 Å². The molecule has 0 saturated carbocycles. The summed E-state index contributed by atoms with van der Waals surface area (Å²) in [5.41, 5.74) is 1.29. The lowest BCUT2D eigenvalue weighted by Gasteiger charge is -1.99. The van der Waals surface area contributed by atoms with Crippen molar-refractivity contribution in [3.8, 4) is 0 Å². The Kier molecular flexibility index (Phi) is 4.69. The number of hydrogen-bond donors (Lipinski definition) is 0. The molecular weight excluding hydrogens is 234 g/mol. The molecule has 1 rings (SSSR count). The topological polar surface area (TPSA) is 12.9 Å². The van der Waals surface area contributed by atoms with Crippen molar-refractivity contribution in [3.63, 3.8) is 0 Å². The Bertz CT molecular complexity index is 240. The zero-order chi connectivity index (χ0) is 8.81. The average molecular weight is 246 g/mol. The summed E-state index contributed by atoms with van der Waals surface area (Å²) in [6.45, 7) is 2.20. The smallest absolute Gasteiger partial charge is 0.0410 e. The predicted octanol–water partition coefficient (Wildman–Crippen LogP) is 3.49. The number of aromatic nitrogens is 1. The van der Waals surface area contributed by atoms with Crippen LogP contribution in [0.3, 0.4) is 0 Å².